The molecule has 0 aliphatic heterocycles. The number of carbonyl (C=O) groups is 1. The van der Waals surface area contributed by atoms with Crippen molar-refractivity contribution in [1.29, 1.82) is 0 Å². The normalized spacial score (nSPS) is 14.2. The molecule has 0 saturated carbocycles. The van der Waals surface area contributed by atoms with Crippen LogP contribution in [0.1, 0.15) is 28.4 Å². The average molecular weight is 337 g/mol. The molecule has 0 spiro atoms. The predicted octanol–water partition coefficient (Wildman–Crippen LogP) is 4.71. The molecule has 2 aromatic rings. The van der Waals surface area contributed by atoms with Crippen LogP contribution >= 0.6 is 11.8 Å². The van der Waals surface area contributed by atoms with Crippen molar-refractivity contribution < 1.29 is 9.90 Å². The van der Waals surface area contributed by atoms with E-state index in [-0.39, 0.29) is 11.5 Å². The summed E-state index contributed by atoms with van der Waals surface area (Å²) >= 11 is 1.73. The van der Waals surface area contributed by atoms with E-state index in [9.17, 15) is 9.90 Å². The number of hydrogen-bond acceptors (Lipinski definition) is 4. The summed E-state index contributed by atoms with van der Waals surface area (Å²) in [6, 6.07) is 15.5. The van der Waals surface area contributed by atoms with Crippen molar-refractivity contribution in [1.82, 2.24) is 0 Å². The number of Topliss-reactive ketones (excluding diaryl/α,β-unsaturated/α-hetero) is 1. The molecule has 2 aromatic carbocycles. The Labute approximate surface area is 146 Å². The Morgan fingerprint density at radius 3 is 2.42 bits per heavy atom. The number of fused-ring (bicyclic) bond motifs is 1. The van der Waals surface area contributed by atoms with E-state index in [0.29, 0.717) is 29.0 Å². The summed E-state index contributed by atoms with van der Waals surface area (Å²) < 4.78 is 0. The van der Waals surface area contributed by atoms with Crippen LogP contribution in [0, 0.1) is 6.92 Å². The maximum atomic E-state index is 12.4. The lowest BCUT2D eigenvalue weighted by Crippen LogP contribution is -2.08. The van der Waals surface area contributed by atoms with E-state index in [1.165, 1.54) is 10.5 Å². The van der Waals surface area contributed by atoms with E-state index in [1.54, 1.807) is 36.9 Å². The molecule has 4 heteroatoms. The fourth-order valence-electron chi connectivity index (χ4n) is 2.69. The van der Waals surface area contributed by atoms with E-state index in [1.807, 2.05) is 6.07 Å². The Balaban J connectivity index is 1.65. The number of aliphatic hydroxyl groups excluding tert-OH is 1. The fourth-order valence-corrected chi connectivity index (χ4v) is 3.44. The van der Waals surface area contributed by atoms with E-state index < -0.39 is 0 Å². The van der Waals surface area contributed by atoms with Crippen molar-refractivity contribution in [3.8, 4) is 0 Å². The first-order valence-electron chi connectivity index (χ1n) is 7.86. The maximum Gasteiger partial charge on any atom is 0.199 e. The lowest BCUT2D eigenvalue weighted by molar-refractivity contribution is 0.104. The Bertz CT molecular complexity index is 835. The molecule has 122 valence electrons. The molecule has 24 heavy (non-hydrogen) atoms. The number of benzene rings is 2. The number of allylic oxidation sites excluding steroid dienone is 1. The van der Waals surface area contributed by atoms with E-state index >= 15 is 0 Å². The number of thioether (sulfide) groups is 1. The van der Waals surface area contributed by atoms with Crippen LogP contribution in [-0.4, -0.2) is 28.9 Å². The highest BCUT2D eigenvalue weighted by molar-refractivity contribution is 7.99. The summed E-state index contributed by atoms with van der Waals surface area (Å²) in [5.41, 5.74) is 3.32. The minimum Gasteiger partial charge on any atom is -0.506 e. The highest BCUT2D eigenvalue weighted by Crippen LogP contribution is 2.31. The summed E-state index contributed by atoms with van der Waals surface area (Å²) in [7, 11) is 0. The van der Waals surface area contributed by atoms with Gasteiger partial charge in [0.1, 0.15) is 5.76 Å². The van der Waals surface area contributed by atoms with Gasteiger partial charge in [0.25, 0.3) is 0 Å². The SMILES string of the molecule is CC(=NCCSc1ccc(C)cc1)C1=C(O)c2ccccc2C1=O. The molecule has 0 atom stereocenters. The minimum atomic E-state index is -0.143. The Kier molecular flexibility index (Phi) is 4.86. The highest BCUT2D eigenvalue weighted by Gasteiger charge is 2.30. The number of aliphatic hydroxyl groups is 1. The molecule has 0 saturated heterocycles. The van der Waals surface area contributed by atoms with Crippen molar-refractivity contribution in [2.24, 2.45) is 4.99 Å². The van der Waals surface area contributed by atoms with Gasteiger partial charge >= 0.3 is 0 Å². The first-order chi connectivity index (χ1) is 11.6. The quantitative estimate of drug-likeness (QED) is 0.488. The third-order valence-electron chi connectivity index (χ3n) is 3.98. The van der Waals surface area contributed by atoms with Crippen LogP contribution in [-0.2, 0) is 0 Å². The third-order valence-corrected chi connectivity index (χ3v) is 4.97. The van der Waals surface area contributed by atoms with Crippen LogP contribution in [0.2, 0.25) is 0 Å². The van der Waals surface area contributed by atoms with Crippen LogP contribution in [0.5, 0.6) is 0 Å². The molecule has 3 rings (SSSR count). The van der Waals surface area contributed by atoms with Gasteiger partial charge in [0, 0.05) is 34.0 Å². The van der Waals surface area contributed by atoms with Crippen molar-refractivity contribution in [2.75, 3.05) is 12.3 Å². The molecule has 1 aliphatic rings. The van der Waals surface area contributed by atoms with Gasteiger partial charge in [-0.25, -0.2) is 0 Å². The number of carbonyl (C=O) groups excluding carboxylic acids is 1. The summed E-state index contributed by atoms with van der Waals surface area (Å²) in [5.74, 6) is 0.730. The third kappa shape index (κ3) is 3.29. The second-order valence-electron chi connectivity index (χ2n) is 5.73. The van der Waals surface area contributed by atoms with Crippen molar-refractivity contribution in [3.05, 3.63) is 70.8 Å². The smallest absolute Gasteiger partial charge is 0.199 e. The number of ketones is 1. The number of nitrogens with zero attached hydrogens (tertiary/aromatic N) is 1. The van der Waals surface area contributed by atoms with Gasteiger partial charge in [-0.05, 0) is 26.0 Å². The maximum absolute atomic E-state index is 12.4. The van der Waals surface area contributed by atoms with Crippen molar-refractivity contribution in [2.45, 2.75) is 18.7 Å². The highest BCUT2D eigenvalue weighted by atomic mass is 32.2. The Morgan fingerprint density at radius 2 is 1.75 bits per heavy atom. The number of rotatable bonds is 5. The van der Waals surface area contributed by atoms with Crippen molar-refractivity contribution in [3.63, 3.8) is 0 Å². The lowest BCUT2D eigenvalue weighted by Gasteiger charge is -2.03. The zero-order valence-electron chi connectivity index (χ0n) is 13.7. The Morgan fingerprint density at radius 1 is 1.08 bits per heavy atom. The molecule has 0 heterocycles. The number of aryl methyl sites for hydroxylation is 1. The molecule has 0 unspecified atom stereocenters. The van der Waals surface area contributed by atoms with Crippen LogP contribution in [0.4, 0.5) is 0 Å². The molecule has 0 amide bonds. The van der Waals surface area contributed by atoms with Crippen LogP contribution in [0.15, 0.2) is 64.0 Å². The average Bonchev–Trinajstić information content (AvgIpc) is 2.85. The van der Waals surface area contributed by atoms with Crippen molar-refractivity contribution >= 4 is 29.0 Å². The zero-order valence-corrected chi connectivity index (χ0v) is 14.6. The van der Waals surface area contributed by atoms with Gasteiger partial charge in [0.05, 0.1) is 5.57 Å². The zero-order chi connectivity index (χ0) is 17.1. The molecule has 0 aromatic heterocycles. The summed E-state index contributed by atoms with van der Waals surface area (Å²) in [5, 5.41) is 10.3. The first-order valence-corrected chi connectivity index (χ1v) is 8.84. The molecule has 0 fully saturated rings. The summed E-state index contributed by atoms with van der Waals surface area (Å²) in [4.78, 5) is 18.1. The van der Waals surface area contributed by atoms with E-state index in [4.69, 9.17) is 0 Å². The molecule has 0 bridgehead atoms. The van der Waals surface area contributed by atoms with E-state index in [2.05, 4.69) is 36.2 Å². The topological polar surface area (TPSA) is 49.7 Å². The van der Waals surface area contributed by atoms with Gasteiger partial charge in [0.15, 0.2) is 5.78 Å². The van der Waals surface area contributed by atoms with Gasteiger partial charge in [-0.15, -0.1) is 11.8 Å². The van der Waals surface area contributed by atoms with Crippen LogP contribution in [0.25, 0.3) is 5.76 Å². The predicted molar refractivity (Wildman–Crippen MR) is 100 cm³/mol. The van der Waals surface area contributed by atoms with E-state index in [0.717, 1.165) is 5.75 Å². The summed E-state index contributed by atoms with van der Waals surface area (Å²) in [6.45, 7) is 4.45. The first kappa shape index (κ1) is 16.5. The minimum absolute atomic E-state index is 0.0445. The second kappa shape index (κ2) is 7.05. The fraction of sp³-hybridized carbons (Fsp3) is 0.200. The van der Waals surface area contributed by atoms with Gasteiger partial charge in [-0.3, -0.25) is 9.79 Å². The van der Waals surface area contributed by atoms with Crippen LogP contribution in [0.3, 0.4) is 0 Å². The molecule has 0 radical (unpaired) electrons. The molecule has 3 nitrogen and oxygen atoms in total. The Hall–Kier alpha value is -2.33. The van der Waals surface area contributed by atoms with Crippen LogP contribution < -0.4 is 0 Å². The van der Waals surface area contributed by atoms with Gasteiger partial charge in [-0.1, -0.05) is 42.0 Å². The molecular weight excluding hydrogens is 318 g/mol. The largest absolute Gasteiger partial charge is 0.506 e. The number of hydrogen-bond donors (Lipinski definition) is 1. The molecule has 1 N–H and O–H groups in total. The van der Waals surface area contributed by atoms with Gasteiger partial charge in [-0.2, -0.15) is 0 Å². The standard InChI is InChI=1S/C20H19NO2S/c1-13-7-9-15(10-8-13)24-12-11-21-14(2)18-19(22)16-5-3-4-6-17(16)20(18)23/h3-10,22H,11-12H2,1-2H3. The number of aliphatic imine (C=N–C) groups is 1. The van der Waals surface area contributed by atoms with Gasteiger partial charge in [0.2, 0.25) is 0 Å². The van der Waals surface area contributed by atoms with Gasteiger partial charge < -0.3 is 5.11 Å². The molecule has 1 aliphatic carbocycles. The monoisotopic (exact) mass is 337 g/mol. The lowest BCUT2D eigenvalue weighted by atomic mass is 10.1. The summed E-state index contributed by atoms with van der Waals surface area (Å²) in [6.07, 6.45) is 0. The molecular formula is C20H19NO2S. The second-order valence-corrected chi connectivity index (χ2v) is 6.90.